The first-order valence-electron chi connectivity index (χ1n) is 7.37. The molecule has 0 unspecified atom stereocenters. The molecule has 1 fully saturated rings. The molecule has 1 aromatic carbocycles. The third-order valence-electron chi connectivity index (χ3n) is 3.67. The quantitative estimate of drug-likeness (QED) is 0.899. The Balaban J connectivity index is 1.70. The minimum atomic E-state index is -3.72. The average Bonchev–Trinajstić information content (AvgIpc) is 3.08. The van der Waals surface area contributed by atoms with Crippen molar-refractivity contribution in [3.8, 4) is 0 Å². The zero-order valence-corrected chi connectivity index (χ0v) is 13.3. The molecule has 6 nitrogen and oxygen atoms in total. The van der Waals surface area contributed by atoms with Gasteiger partial charge in [0.2, 0.25) is 10.0 Å². The molecule has 8 heteroatoms. The van der Waals surface area contributed by atoms with Gasteiger partial charge in [-0.1, -0.05) is 0 Å². The molecule has 1 aromatic heterocycles. The molecule has 0 atom stereocenters. The Morgan fingerprint density at radius 1 is 1.13 bits per heavy atom. The molecule has 23 heavy (non-hydrogen) atoms. The highest BCUT2D eigenvalue weighted by atomic mass is 32.2. The largest absolute Gasteiger partial charge is 0.357 e. The van der Waals surface area contributed by atoms with E-state index in [0.29, 0.717) is 5.82 Å². The molecular formula is C15H17FN4O2S. The number of nitrogens with zero attached hydrogens (tertiary/aromatic N) is 3. The minimum Gasteiger partial charge on any atom is -0.357 e. The van der Waals surface area contributed by atoms with Gasteiger partial charge in [-0.25, -0.2) is 27.5 Å². The molecule has 1 aliphatic heterocycles. The summed E-state index contributed by atoms with van der Waals surface area (Å²) < 4.78 is 39.6. The number of halogens is 1. The molecule has 1 N–H and O–H groups in total. The lowest BCUT2D eigenvalue weighted by Gasteiger charge is -2.16. The fourth-order valence-electron chi connectivity index (χ4n) is 2.45. The first-order valence-corrected chi connectivity index (χ1v) is 8.85. The number of hydrogen-bond donors (Lipinski definition) is 1. The molecule has 0 saturated carbocycles. The van der Waals surface area contributed by atoms with Crippen molar-refractivity contribution >= 4 is 15.8 Å². The third kappa shape index (κ3) is 3.83. The molecule has 0 radical (unpaired) electrons. The van der Waals surface area contributed by atoms with Crippen molar-refractivity contribution in [3.05, 3.63) is 48.2 Å². The van der Waals surface area contributed by atoms with Crippen LogP contribution in [0.3, 0.4) is 0 Å². The zero-order chi connectivity index (χ0) is 16.3. The highest BCUT2D eigenvalue weighted by Gasteiger charge is 2.16. The van der Waals surface area contributed by atoms with Gasteiger partial charge in [0.1, 0.15) is 17.5 Å². The minimum absolute atomic E-state index is 0.00889. The third-order valence-corrected chi connectivity index (χ3v) is 5.08. The smallest absolute Gasteiger partial charge is 0.240 e. The summed E-state index contributed by atoms with van der Waals surface area (Å²) in [5.74, 6) is 0.735. The zero-order valence-electron chi connectivity index (χ0n) is 12.4. The van der Waals surface area contributed by atoms with Gasteiger partial charge in [-0.15, -0.1) is 0 Å². The molecule has 122 valence electrons. The van der Waals surface area contributed by atoms with Crippen LogP contribution in [0.4, 0.5) is 10.2 Å². The van der Waals surface area contributed by atoms with Gasteiger partial charge in [0.15, 0.2) is 0 Å². The Bertz CT molecular complexity index is 774. The SMILES string of the molecule is O=S(=O)(NCc1nccc(N2CCCC2)n1)c1ccc(F)cc1. The molecule has 0 spiro atoms. The first kappa shape index (κ1) is 15.8. The normalized spacial score (nSPS) is 15.1. The Labute approximate surface area is 134 Å². The van der Waals surface area contributed by atoms with Crippen LogP contribution in [-0.2, 0) is 16.6 Å². The maximum atomic E-state index is 12.9. The fraction of sp³-hybridized carbons (Fsp3) is 0.333. The van der Waals surface area contributed by atoms with E-state index >= 15 is 0 Å². The predicted molar refractivity (Wildman–Crippen MR) is 83.9 cm³/mol. The number of rotatable bonds is 5. The number of benzene rings is 1. The monoisotopic (exact) mass is 336 g/mol. The van der Waals surface area contributed by atoms with E-state index < -0.39 is 15.8 Å². The van der Waals surface area contributed by atoms with Crippen molar-refractivity contribution < 1.29 is 12.8 Å². The number of aromatic nitrogens is 2. The van der Waals surface area contributed by atoms with Gasteiger partial charge in [0.25, 0.3) is 0 Å². The molecule has 1 aliphatic rings. The van der Waals surface area contributed by atoms with Crippen LogP contribution < -0.4 is 9.62 Å². The van der Waals surface area contributed by atoms with Crippen molar-refractivity contribution in [3.63, 3.8) is 0 Å². The Morgan fingerprint density at radius 3 is 2.52 bits per heavy atom. The van der Waals surface area contributed by atoms with E-state index in [1.165, 1.54) is 12.1 Å². The van der Waals surface area contributed by atoms with Gasteiger partial charge >= 0.3 is 0 Å². The van der Waals surface area contributed by atoms with Gasteiger partial charge in [-0.05, 0) is 43.2 Å². The van der Waals surface area contributed by atoms with Crippen molar-refractivity contribution in [1.82, 2.24) is 14.7 Å². The summed E-state index contributed by atoms with van der Waals surface area (Å²) in [5, 5.41) is 0. The summed E-state index contributed by atoms with van der Waals surface area (Å²) >= 11 is 0. The summed E-state index contributed by atoms with van der Waals surface area (Å²) in [6, 6.07) is 6.49. The second-order valence-corrected chi connectivity index (χ2v) is 7.07. The standard InChI is InChI=1S/C15H17FN4O2S/c16-12-3-5-13(6-4-12)23(21,22)18-11-14-17-8-7-15(19-14)20-9-1-2-10-20/h3-8,18H,1-2,9-11H2. The van der Waals surface area contributed by atoms with E-state index in [9.17, 15) is 12.8 Å². The topological polar surface area (TPSA) is 75.2 Å². The van der Waals surface area contributed by atoms with Crippen molar-refractivity contribution in [2.75, 3.05) is 18.0 Å². The number of sulfonamides is 1. The molecule has 2 aromatic rings. The van der Waals surface area contributed by atoms with Crippen molar-refractivity contribution in [2.24, 2.45) is 0 Å². The second-order valence-electron chi connectivity index (χ2n) is 5.30. The summed E-state index contributed by atoms with van der Waals surface area (Å²) in [7, 11) is -3.72. The van der Waals surface area contributed by atoms with E-state index in [1.807, 2.05) is 6.07 Å². The predicted octanol–water partition coefficient (Wildman–Crippen LogP) is 1.69. The van der Waals surface area contributed by atoms with E-state index in [1.54, 1.807) is 6.20 Å². The molecule has 1 saturated heterocycles. The number of hydrogen-bond acceptors (Lipinski definition) is 5. The van der Waals surface area contributed by atoms with Crippen LogP contribution in [0.1, 0.15) is 18.7 Å². The molecule has 0 bridgehead atoms. The number of nitrogens with one attached hydrogen (secondary N) is 1. The Kier molecular flexibility index (Phi) is 4.53. The summed E-state index contributed by atoms with van der Waals surface area (Å²) in [4.78, 5) is 10.7. The molecule has 0 aliphatic carbocycles. The second kappa shape index (κ2) is 6.59. The lowest BCUT2D eigenvalue weighted by molar-refractivity contribution is 0.578. The van der Waals surface area contributed by atoms with Gasteiger partial charge in [0.05, 0.1) is 11.4 Å². The van der Waals surface area contributed by atoms with E-state index in [4.69, 9.17) is 0 Å². The van der Waals surface area contributed by atoms with Crippen LogP contribution in [0.5, 0.6) is 0 Å². The summed E-state index contributed by atoms with van der Waals surface area (Å²) in [6.45, 7) is 1.90. The summed E-state index contributed by atoms with van der Waals surface area (Å²) in [6.07, 6.45) is 3.90. The van der Waals surface area contributed by atoms with E-state index in [0.717, 1.165) is 43.9 Å². The van der Waals surface area contributed by atoms with Gasteiger partial charge < -0.3 is 4.90 Å². The van der Waals surface area contributed by atoms with Crippen LogP contribution >= 0.6 is 0 Å². The van der Waals surface area contributed by atoms with Gasteiger partial charge in [-0.3, -0.25) is 0 Å². The van der Waals surface area contributed by atoms with E-state index in [-0.39, 0.29) is 11.4 Å². The van der Waals surface area contributed by atoms with E-state index in [2.05, 4.69) is 19.6 Å². The molecular weight excluding hydrogens is 319 g/mol. The Hall–Kier alpha value is -2.06. The van der Waals surface area contributed by atoms with Crippen LogP contribution in [0.15, 0.2) is 41.4 Å². The lowest BCUT2D eigenvalue weighted by atomic mass is 10.4. The van der Waals surface area contributed by atoms with Crippen LogP contribution in [-0.4, -0.2) is 31.5 Å². The molecule has 0 amide bonds. The summed E-state index contributed by atoms with van der Waals surface area (Å²) in [5.41, 5.74) is 0. The maximum Gasteiger partial charge on any atom is 0.240 e. The maximum absolute atomic E-state index is 12.9. The Morgan fingerprint density at radius 2 is 1.83 bits per heavy atom. The highest BCUT2D eigenvalue weighted by molar-refractivity contribution is 7.89. The van der Waals surface area contributed by atoms with Gasteiger partial charge in [-0.2, -0.15) is 0 Å². The van der Waals surface area contributed by atoms with Gasteiger partial charge in [0, 0.05) is 19.3 Å². The highest BCUT2D eigenvalue weighted by Crippen LogP contribution is 2.17. The van der Waals surface area contributed by atoms with Crippen molar-refractivity contribution in [2.45, 2.75) is 24.3 Å². The van der Waals surface area contributed by atoms with Crippen molar-refractivity contribution in [1.29, 1.82) is 0 Å². The number of anilines is 1. The van der Waals surface area contributed by atoms with Crippen LogP contribution in [0.2, 0.25) is 0 Å². The fourth-order valence-corrected chi connectivity index (χ4v) is 3.43. The molecule has 2 heterocycles. The molecule has 3 rings (SSSR count). The van der Waals surface area contributed by atoms with Crippen LogP contribution in [0, 0.1) is 5.82 Å². The lowest BCUT2D eigenvalue weighted by Crippen LogP contribution is -2.25. The van der Waals surface area contributed by atoms with Crippen LogP contribution in [0.25, 0.3) is 0 Å². The average molecular weight is 336 g/mol. The first-order chi connectivity index (χ1) is 11.0.